The van der Waals surface area contributed by atoms with Crippen LogP contribution in [0.5, 0.6) is 0 Å². The summed E-state index contributed by atoms with van der Waals surface area (Å²) in [6, 6.07) is 6.36. The first kappa shape index (κ1) is 23.1. The van der Waals surface area contributed by atoms with E-state index < -0.39 is 53.2 Å². The van der Waals surface area contributed by atoms with Crippen LogP contribution in [0.2, 0.25) is 5.02 Å². The SMILES string of the molecule is O=C1OC2(CCCCC2)OC(=O)C1C(c1cccc(Cl)c1)C1C(=O)OC2(CCCCC2)OC1=O. The molecule has 5 rings (SSSR count). The number of benzene rings is 1. The van der Waals surface area contributed by atoms with Crippen LogP contribution in [0, 0.1) is 11.8 Å². The average molecular weight is 491 g/mol. The lowest BCUT2D eigenvalue weighted by molar-refractivity contribution is -0.268. The van der Waals surface area contributed by atoms with Crippen molar-refractivity contribution in [1.29, 1.82) is 0 Å². The van der Waals surface area contributed by atoms with E-state index in [1.54, 1.807) is 18.2 Å². The molecule has 0 bridgehead atoms. The minimum absolute atomic E-state index is 0.324. The third kappa shape index (κ3) is 4.17. The molecule has 0 atom stereocenters. The minimum atomic E-state index is -1.53. The summed E-state index contributed by atoms with van der Waals surface area (Å²) in [7, 11) is 0. The molecule has 0 unspecified atom stereocenters. The number of hydrogen-bond donors (Lipinski definition) is 0. The topological polar surface area (TPSA) is 105 Å². The standard InChI is InChI=1S/C25H27ClO8/c26-16-9-7-8-15(14-16)17(18-20(27)31-24(32-21(18)28)10-3-1-4-11-24)19-22(29)33-25(34-23(19)30)12-5-2-6-13-25/h7-9,14,17-19H,1-6,10-13H2. The second-order valence-electron chi connectivity index (χ2n) is 9.66. The van der Waals surface area contributed by atoms with E-state index in [1.165, 1.54) is 6.07 Å². The lowest BCUT2D eigenvalue weighted by Crippen LogP contribution is -2.57. The number of hydrogen-bond acceptors (Lipinski definition) is 8. The van der Waals surface area contributed by atoms with Crippen LogP contribution in [0.15, 0.2) is 24.3 Å². The quantitative estimate of drug-likeness (QED) is 0.459. The first-order valence-electron chi connectivity index (χ1n) is 12.0. The van der Waals surface area contributed by atoms with Gasteiger partial charge in [0, 0.05) is 36.6 Å². The molecule has 0 amide bonds. The van der Waals surface area contributed by atoms with Crippen molar-refractivity contribution in [3.8, 4) is 0 Å². The number of rotatable bonds is 3. The predicted octanol–water partition coefficient (Wildman–Crippen LogP) is 4.18. The molecule has 2 spiro atoms. The largest absolute Gasteiger partial charge is 0.422 e. The van der Waals surface area contributed by atoms with Crippen LogP contribution in [-0.4, -0.2) is 35.5 Å². The molecule has 34 heavy (non-hydrogen) atoms. The summed E-state index contributed by atoms with van der Waals surface area (Å²) >= 11 is 6.18. The Morgan fingerprint density at radius 2 is 1.09 bits per heavy atom. The monoisotopic (exact) mass is 490 g/mol. The van der Waals surface area contributed by atoms with E-state index >= 15 is 0 Å². The van der Waals surface area contributed by atoms with Gasteiger partial charge in [0.25, 0.3) is 11.6 Å². The summed E-state index contributed by atoms with van der Waals surface area (Å²) in [6.07, 6.45) is 6.71. The van der Waals surface area contributed by atoms with Crippen molar-refractivity contribution < 1.29 is 38.1 Å². The van der Waals surface area contributed by atoms with E-state index in [2.05, 4.69) is 0 Å². The summed E-state index contributed by atoms with van der Waals surface area (Å²) in [6.45, 7) is 0. The molecular weight excluding hydrogens is 464 g/mol. The lowest BCUT2D eigenvalue weighted by Gasteiger charge is -2.45. The van der Waals surface area contributed by atoms with Gasteiger partial charge < -0.3 is 18.9 Å². The maximum atomic E-state index is 13.3. The Morgan fingerprint density at radius 3 is 1.47 bits per heavy atom. The Morgan fingerprint density at radius 1 is 0.676 bits per heavy atom. The Hall–Kier alpha value is -2.61. The van der Waals surface area contributed by atoms with Crippen molar-refractivity contribution >= 4 is 35.5 Å². The molecule has 9 heteroatoms. The average Bonchev–Trinajstić information content (AvgIpc) is 2.78. The van der Waals surface area contributed by atoms with Crippen LogP contribution in [0.1, 0.15) is 75.7 Å². The molecule has 2 saturated heterocycles. The van der Waals surface area contributed by atoms with Gasteiger partial charge in [0.15, 0.2) is 11.8 Å². The highest BCUT2D eigenvalue weighted by Crippen LogP contribution is 2.47. The second-order valence-corrected chi connectivity index (χ2v) is 10.1. The molecule has 0 radical (unpaired) electrons. The Balaban J connectivity index is 1.49. The van der Waals surface area contributed by atoms with Crippen molar-refractivity contribution in [1.82, 2.24) is 0 Å². The van der Waals surface area contributed by atoms with Crippen molar-refractivity contribution in [2.75, 3.05) is 0 Å². The zero-order chi connectivity index (χ0) is 23.9. The van der Waals surface area contributed by atoms with Crippen LogP contribution in [-0.2, 0) is 38.1 Å². The predicted molar refractivity (Wildman–Crippen MR) is 117 cm³/mol. The Bertz CT molecular complexity index is 910. The number of halogens is 1. The maximum Gasteiger partial charge on any atom is 0.324 e. The number of ether oxygens (including phenoxy) is 4. The number of carbonyl (C=O) groups is 4. The van der Waals surface area contributed by atoms with Crippen LogP contribution >= 0.6 is 11.6 Å². The third-order valence-corrected chi connectivity index (χ3v) is 7.58. The van der Waals surface area contributed by atoms with Crippen LogP contribution in [0.25, 0.3) is 0 Å². The fourth-order valence-electron chi connectivity index (χ4n) is 5.69. The molecule has 182 valence electrons. The van der Waals surface area contributed by atoms with Gasteiger partial charge in [-0.25, -0.2) is 0 Å². The fourth-order valence-corrected chi connectivity index (χ4v) is 5.89. The van der Waals surface area contributed by atoms with Crippen molar-refractivity contribution in [3.05, 3.63) is 34.9 Å². The summed E-state index contributed by atoms with van der Waals surface area (Å²) in [4.78, 5) is 53.1. The Labute approximate surface area is 202 Å². The highest BCUT2D eigenvalue weighted by Gasteiger charge is 2.59. The van der Waals surface area contributed by atoms with E-state index in [9.17, 15) is 19.2 Å². The van der Waals surface area contributed by atoms with Crippen molar-refractivity contribution in [3.63, 3.8) is 0 Å². The van der Waals surface area contributed by atoms with Gasteiger partial charge in [0.1, 0.15) is 0 Å². The highest BCUT2D eigenvalue weighted by molar-refractivity contribution is 6.30. The zero-order valence-corrected chi connectivity index (χ0v) is 19.5. The van der Waals surface area contributed by atoms with Gasteiger partial charge in [-0.15, -0.1) is 0 Å². The lowest BCUT2D eigenvalue weighted by atomic mass is 9.75. The first-order chi connectivity index (χ1) is 16.3. The first-order valence-corrected chi connectivity index (χ1v) is 12.4. The number of esters is 4. The van der Waals surface area contributed by atoms with Crippen LogP contribution in [0.4, 0.5) is 0 Å². The summed E-state index contributed by atoms with van der Waals surface area (Å²) < 4.78 is 22.7. The molecular formula is C25H27ClO8. The highest BCUT2D eigenvalue weighted by atomic mass is 35.5. The fraction of sp³-hybridized carbons (Fsp3) is 0.600. The number of carbonyl (C=O) groups excluding carboxylic acids is 4. The van der Waals surface area contributed by atoms with Gasteiger partial charge in [-0.3, -0.25) is 19.2 Å². The second kappa shape index (κ2) is 8.87. The summed E-state index contributed by atoms with van der Waals surface area (Å²) in [5, 5.41) is 0.324. The van der Waals surface area contributed by atoms with E-state index in [0.717, 1.165) is 38.5 Å². The molecule has 4 aliphatic rings. The third-order valence-electron chi connectivity index (χ3n) is 7.34. The summed E-state index contributed by atoms with van der Waals surface area (Å²) in [5.41, 5.74) is 0.351. The maximum absolute atomic E-state index is 13.3. The molecule has 2 aliphatic heterocycles. The molecule has 2 aliphatic carbocycles. The molecule has 0 aromatic heterocycles. The van der Waals surface area contributed by atoms with Crippen LogP contribution < -0.4 is 0 Å². The molecule has 0 N–H and O–H groups in total. The summed E-state index contributed by atoms with van der Waals surface area (Å²) in [5.74, 6) is -10.1. The molecule has 4 fully saturated rings. The van der Waals surface area contributed by atoms with Gasteiger partial charge >= 0.3 is 23.9 Å². The molecule has 1 aromatic carbocycles. The zero-order valence-electron chi connectivity index (χ0n) is 18.8. The molecule has 8 nitrogen and oxygen atoms in total. The van der Waals surface area contributed by atoms with Gasteiger partial charge in [-0.2, -0.15) is 0 Å². The molecule has 1 aromatic rings. The van der Waals surface area contributed by atoms with Gasteiger partial charge in [0.2, 0.25) is 0 Å². The van der Waals surface area contributed by atoms with Gasteiger partial charge in [0.05, 0.1) is 0 Å². The van der Waals surface area contributed by atoms with Crippen LogP contribution in [0.3, 0.4) is 0 Å². The smallest absolute Gasteiger partial charge is 0.324 e. The normalized spacial score (nSPS) is 27.5. The Kier molecular flexibility index (Phi) is 6.04. The minimum Gasteiger partial charge on any atom is -0.422 e. The van der Waals surface area contributed by atoms with E-state index in [-0.39, 0.29) is 0 Å². The van der Waals surface area contributed by atoms with E-state index in [0.29, 0.717) is 36.3 Å². The molecule has 2 saturated carbocycles. The van der Waals surface area contributed by atoms with Gasteiger partial charge in [-0.05, 0) is 43.4 Å². The van der Waals surface area contributed by atoms with Gasteiger partial charge in [-0.1, -0.05) is 36.6 Å². The van der Waals surface area contributed by atoms with E-state index in [4.69, 9.17) is 30.5 Å². The van der Waals surface area contributed by atoms with E-state index in [1.807, 2.05) is 0 Å². The molecule has 2 heterocycles. The van der Waals surface area contributed by atoms with Crippen molar-refractivity contribution in [2.24, 2.45) is 11.8 Å². The van der Waals surface area contributed by atoms with Crippen molar-refractivity contribution in [2.45, 2.75) is 81.7 Å².